The van der Waals surface area contributed by atoms with Crippen LogP contribution >= 0.6 is 0 Å². The van der Waals surface area contributed by atoms with Crippen LogP contribution in [0.5, 0.6) is 0 Å². The number of rotatable bonds is 1. The van der Waals surface area contributed by atoms with Crippen LogP contribution in [-0.4, -0.2) is 0 Å². The van der Waals surface area contributed by atoms with Gasteiger partial charge in [-0.15, -0.1) is 0 Å². The second-order valence-corrected chi connectivity index (χ2v) is 3.66. The molecule has 68 valence electrons. The Hall–Kier alpha value is 0.688. The normalized spacial score (nSPS) is 9.27. The maximum Gasteiger partial charge on any atom is 2.00 e. The van der Waals surface area contributed by atoms with Gasteiger partial charge < -0.3 is 13.8 Å². The third-order valence-corrected chi connectivity index (χ3v) is 0.927. The second-order valence-electron chi connectivity index (χ2n) is 3.66. The van der Waals surface area contributed by atoms with Crippen molar-refractivity contribution in [2.75, 3.05) is 0 Å². The summed E-state index contributed by atoms with van der Waals surface area (Å²) in [5.74, 6) is 0. The second kappa shape index (κ2) is 10.7. The van der Waals surface area contributed by atoms with E-state index in [9.17, 15) is 0 Å². The molecule has 0 aromatic rings. The van der Waals surface area contributed by atoms with Gasteiger partial charge in [0, 0.05) is 0 Å². The first-order valence-electron chi connectivity index (χ1n) is 4.06. The molecule has 0 spiro atoms. The van der Waals surface area contributed by atoms with E-state index < -0.39 is 0 Å². The van der Waals surface area contributed by atoms with Gasteiger partial charge in [-0.2, -0.15) is 12.8 Å². The molecule has 0 N–H and O–H groups in total. The van der Waals surface area contributed by atoms with Crippen LogP contribution in [0.2, 0.25) is 0 Å². The van der Waals surface area contributed by atoms with Crippen molar-refractivity contribution in [3.8, 4) is 0 Å². The minimum atomic E-state index is 0. The van der Waals surface area contributed by atoms with Gasteiger partial charge in [-0.05, 0) is 5.41 Å². The topological polar surface area (TPSA) is 0 Å². The molecule has 0 aliphatic rings. The van der Waals surface area contributed by atoms with Crippen molar-refractivity contribution >= 4 is 0 Å². The molecule has 0 heterocycles. The minimum absolute atomic E-state index is 0. The van der Waals surface area contributed by atoms with E-state index in [4.69, 9.17) is 0 Å². The van der Waals surface area contributed by atoms with Gasteiger partial charge in [-0.3, -0.25) is 0 Å². The summed E-state index contributed by atoms with van der Waals surface area (Å²) in [6.07, 6.45) is 3.29. The Morgan fingerprint density at radius 2 is 1.36 bits per heavy atom. The van der Waals surface area contributed by atoms with Crippen LogP contribution in [0, 0.1) is 19.3 Å². The predicted octanol–water partition coefficient (Wildman–Crippen LogP) is 3.87. The van der Waals surface area contributed by atoms with Gasteiger partial charge in [-0.1, -0.05) is 34.1 Å². The fourth-order valence-corrected chi connectivity index (χ4v) is 0.530. The summed E-state index contributed by atoms with van der Waals surface area (Å²) in [5.41, 5.74) is 0.488. The van der Waals surface area contributed by atoms with Gasteiger partial charge in [0.2, 0.25) is 0 Å². The molecule has 0 aliphatic carbocycles. The predicted molar refractivity (Wildman–Crippen MR) is 49.7 cm³/mol. The van der Waals surface area contributed by atoms with Crippen LogP contribution in [0.15, 0.2) is 0 Å². The van der Waals surface area contributed by atoms with Crippen molar-refractivity contribution in [3.63, 3.8) is 0 Å². The average Bonchev–Trinajstić information content (AvgIpc) is 1.63. The van der Waals surface area contributed by atoms with Crippen LogP contribution in [0.3, 0.4) is 0 Å². The van der Waals surface area contributed by atoms with Gasteiger partial charge in [0.25, 0.3) is 0 Å². The molecule has 0 saturated heterocycles. The van der Waals surface area contributed by atoms with E-state index in [-0.39, 0.29) is 21.1 Å². The molecule has 0 aliphatic heterocycles. The molecule has 0 fully saturated rings. The van der Waals surface area contributed by atoms with Crippen molar-refractivity contribution in [2.24, 2.45) is 5.41 Å². The van der Waals surface area contributed by atoms with E-state index >= 15 is 0 Å². The van der Waals surface area contributed by atoms with Crippen molar-refractivity contribution in [1.82, 2.24) is 0 Å². The third kappa shape index (κ3) is 36.7. The fraction of sp³-hybridized carbons (Fsp3) is 0.800. The van der Waals surface area contributed by atoms with E-state index in [0.717, 1.165) is 12.8 Å². The molecule has 1 heteroatoms. The maximum atomic E-state index is 3.77. The van der Waals surface area contributed by atoms with Crippen molar-refractivity contribution in [3.05, 3.63) is 13.8 Å². The van der Waals surface area contributed by atoms with Gasteiger partial charge >= 0.3 is 21.1 Å². The van der Waals surface area contributed by atoms with Crippen molar-refractivity contribution in [1.29, 1.82) is 0 Å². The molecule has 0 atom stereocenters. The van der Waals surface area contributed by atoms with E-state index in [2.05, 4.69) is 34.6 Å². The quantitative estimate of drug-likeness (QED) is 0.642. The van der Waals surface area contributed by atoms with Gasteiger partial charge in [-0.25, -0.2) is 0 Å². The fourth-order valence-electron chi connectivity index (χ4n) is 0.530. The zero-order valence-corrected chi connectivity index (χ0v) is 11.4. The van der Waals surface area contributed by atoms with Crippen LogP contribution in [0.1, 0.15) is 47.0 Å². The summed E-state index contributed by atoms with van der Waals surface area (Å²) in [5, 5.41) is 0. The monoisotopic (exact) mass is 326 g/mol. The minimum Gasteiger partial charge on any atom is -0.344 e. The summed E-state index contributed by atoms with van der Waals surface area (Å²) >= 11 is 0. The molecule has 0 aromatic carbocycles. The summed E-state index contributed by atoms with van der Waals surface area (Å²) in [6, 6.07) is 0. The van der Waals surface area contributed by atoms with Gasteiger partial charge in [0.15, 0.2) is 0 Å². The first kappa shape index (κ1) is 17.7. The van der Waals surface area contributed by atoms with Crippen LogP contribution in [0.4, 0.5) is 0 Å². The Morgan fingerprint density at radius 3 is 1.36 bits per heavy atom. The standard InChI is InChI=1S/C7H15.C3H7.W/c1-5-6-7(2,3)4;1-3-2;/h1,5-6H2,2-4H3;1,3H2,2H3;/q2*-1;+2. The molecular formula is C10H22W. The van der Waals surface area contributed by atoms with Crippen LogP contribution in [0.25, 0.3) is 0 Å². The summed E-state index contributed by atoms with van der Waals surface area (Å²) in [6.45, 7) is 16.0. The molecule has 0 rings (SSSR count). The Bertz CT molecular complexity index is 52.4. The molecule has 0 amide bonds. The van der Waals surface area contributed by atoms with E-state index in [1.807, 2.05) is 6.92 Å². The Morgan fingerprint density at radius 1 is 1.09 bits per heavy atom. The maximum absolute atomic E-state index is 3.77. The molecule has 0 nitrogen and oxygen atoms in total. The summed E-state index contributed by atoms with van der Waals surface area (Å²) in [7, 11) is 0. The smallest absolute Gasteiger partial charge is 0.344 e. The first-order chi connectivity index (χ1) is 4.47. The summed E-state index contributed by atoms with van der Waals surface area (Å²) < 4.78 is 0. The average molecular weight is 326 g/mol. The van der Waals surface area contributed by atoms with Gasteiger partial charge in [0.05, 0.1) is 0 Å². The Kier molecular flexibility index (Phi) is 17.2. The van der Waals surface area contributed by atoms with Crippen LogP contribution < -0.4 is 0 Å². The molecule has 0 saturated carbocycles. The van der Waals surface area contributed by atoms with E-state index in [1.165, 1.54) is 6.42 Å². The van der Waals surface area contributed by atoms with E-state index in [0.29, 0.717) is 5.41 Å². The molecule has 0 bridgehead atoms. The molecule has 0 aromatic heterocycles. The zero-order chi connectivity index (χ0) is 8.62. The molecular weight excluding hydrogens is 304 g/mol. The van der Waals surface area contributed by atoms with Crippen LogP contribution in [-0.2, 0) is 21.1 Å². The largest absolute Gasteiger partial charge is 2.00 e. The Labute approximate surface area is 87.4 Å². The Balaban J connectivity index is -0.000000140. The zero-order valence-electron chi connectivity index (χ0n) is 8.44. The van der Waals surface area contributed by atoms with E-state index in [1.54, 1.807) is 0 Å². The third-order valence-electron chi connectivity index (χ3n) is 0.927. The number of hydrogen-bond acceptors (Lipinski definition) is 0. The number of hydrogen-bond donors (Lipinski definition) is 0. The van der Waals surface area contributed by atoms with Crippen molar-refractivity contribution < 1.29 is 21.1 Å². The van der Waals surface area contributed by atoms with Gasteiger partial charge in [0.1, 0.15) is 0 Å². The first-order valence-corrected chi connectivity index (χ1v) is 4.06. The molecule has 0 unspecified atom stereocenters. The summed E-state index contributed by atoms with van der Waals surface area (Å²) in [4.78, 5) is 0. The van der Waals surface area contributed by atoms with Crippen molar-refractivity contribution in [2.45, 2.75) is 47.0 Å². The molecule has 11 heavy (non-hydrogen) atoms. The SMILES string of the molecule is [CH2-]CC.[CH2-]CCC(C)(C)C.[W+2]. The molecule has 0 radical (unpaired) electrons.